The van der Waals surface area contributed by atoms with Crippen LogP contribution in [0.15, 0.2) is 53.3 Å². The van der Waals surface area contributed by atoms with Crippen molar-refractivity contribution in [2.75, 3.05) is 0 Å². The van der Waals surface area contributed by atoms with Crippen LogP contribution in [0.3, 0.4) is 0 Å². The number of halogens is 3. The molecule has 4 aromatic rings. The molecule has 0 spiro atoms. The molecule has 5 nitrogen and oxygen atoms in total. The van der Waals surface area contributed by atoms with Crippen molar-refractivity contribution in [3.8, 4) is 0 Å². The van der Waals surface area contributed by atoms with Gasteiger partial charge in [-0.15, -0.1) is 5.10 Å². The van der Waals surface area contributed by atoms with Gasteiger partial charge in [0.2, 0.25) is 0 Å². The van der Waals surface area contributed by atoms with Crippen molar-refractivity contribution in [3.05, 3.63) is 76.0 Å². The van der Waals surface area contributed by atoms with E-state index in [-0.39, 0.29) is 6.54 Å². The third-order valence-corrected chi connectivity index (χ3v) is 4.57. The van der Waals surface area contributed by atoms with Gasteiger partial charge >= 0.3 is 11.9 Å². The molecule has 0 aliphatic rings. The van der Waals surface area contributed by atoms with Crippen LogP contribution in [0.2, 0.25) is 0 Å². The minimum atomic E-state index is -4.44. The number of para-hydroxylation sites is 1. The van der Waals surface area contributed by atoms with Gasteiger partial charge in [-0.25, -0.2) is 9.78 Å². The van der Waals surface area contributed by atoms with E-state index in [0.717, 1.165) is 23.9 Å². The normalized spacial score (nSPS) is 12.1. The summed E-state index contributed by atoms with van der Waals surface area (Å²) in [7, 11) is 0. The van der Waals surface area contributed by atoms with Gasteiger partial charge in [0.15, 0.2) is 11.5 Å². The highest BCUT2D eigenvalue weighted by Crippen LogP contribution is 2.29. The summed E-state index contributed by atoms with van der Waals surface area (Å²) in [6.07, 6.45) is -2.95. The van der Waals surface area contributed by atoms with E-state index in [1.807, 2.05) is 19.1 Å². The number of aryl methyl sites for hydroxylation is 1. The topological polar surface area (TPSA) is 52.2 Å². The first-order chi connectivity index (χ1) is 13.4. The molecule has 28 heavy (non-hydrogen) atoms. The first-order valence-corrected chi connectivity index (χ1v) is 8.92. The van der Waals surface area contributed by atoms with E-state index in [2.05, 4.69) is 10.1 Å². The maximum atomic E-state index is 13.0. The maximum absolute atomic E-state index is 13.0. The smallest absolute Gasteiger partial charge is 0.287 e. The zero-order valence-corrected chi connectivity index (χ0v) is 15.1. The van der Waals surface area contributed by atoms with Crippen molar-refractivity contribution in [2.24, 2.45) is 0 Å². The van der Waals surface area contributed by atoms with E-state index in [9.17, 15) is 18.0 Å². The fourth-order valence-corrected chi connectivity index (χ4v) is 3.29. The first kappa shape index (κ1) is 18.2. The summed E-state index contributed by atoms with van der Waals surface area (Å²) in [5, 5.41) is 5.03. The summed E-state index contributed by atoms with van der Waals surface area (Å²) >= 11 is 0. The standard InChI is InChI=1S/C20H17F3N4O/c1-2-6-17-24-18-15-9-3-4-10-16(15)26(19(28)27(18)25-17)12-13-7-5-8-14(11-13)20(21,22)23/h3-5,7-11H,2,6,12H2,1H3. The minimum absolute atomic E-state index is 0.00216. The lowest BCUT2D eigenvalue weighted by Gasteiger charge is -2.13. The van der Waals surface area contributed by atoms with E-state index in [1.54, 1.807) is 18.2 Å². The van der Waals surface area contributed by atoms with Crippen LogP contribution < -0.4 is 5.69 Å². The zero-order chi connectivity index (χ0) is 19.9. The Kier molecular flexibility index (Phi) is 4.41. The lowest BCUT2D eigenvalue weighted by molar-refractivity contribution is -0.137. The predicted octanol–water partition coefficient (Wildman–Crippen LogP) is 4.06. The van der Waals surface area contributed by atoms with Crippen molar-refractivity contribution in [3.63, 3.8) is 0 Å². The number of rotatable bonds is 4. The van der Waals surface area contributed by atoms with Gasteiger partial charge in [0, 0.05) is 11.8 Å². The number of alkyl halides is 3. The van der Waals surface area contributed by atoms with Gasteiger partial charge in [0.25, 0.3) is 0 Å². The van der Waals surface area contributed by atoms with E-state index in [0.29, 0.717) is 29.0 Å². The van der Waals surface area contributed by atoms with E-state index in [4.69, 9.17) is 0 Å². The second-order valence-electron chi connectivity index (χ2n) is 6.60. The van der Waals surface area contributed by atoms with E-state index >= 15 is 0 Å². The molecule has 0 fully saturated rings. The van der Waals surface area contributed by atoms with Gasteiger partial charge in [-0.05, 0) is 36.2 Å². The highest BCUT2D eigenvalue weighted by atomic mass is 19.4. The number of aromatic nitrogens is 4. The molecule has 0 unspecified atom stereocenters. The summed E-state index contributed by atoms with van der Waals surface area (Å²) in [6, 6.07) is 12.2. The second kappa shape index (κ2) is 6.78. The van der Waals surface area contributed by atoms with E-state index < -0.39 is 17.4 Å². The average molecular weight is 386 g/mol. The maximum Gasteiger partial charge on any atom is 0.416 e. The Morgan fingerprint density at radius 2 is 1.86 bits per heavy atom. The van der Waals surface area contributed by atoms with Gasteiger partial charge in [-0.3, -0.25) is 4.57 Å². The number of benzene rings is 2. The molecule has 2 aromatic carbocycles. The number of fused-ring (bicyclic) bond motifs is 3. The molecule has 0 amide bonds. The fraction of sp³-hybridized carbons (Fsp3) is 0.250. The Labute approximate surface area is 158 Å². The third kappa shape index (κ3) is 3.15. The Morgan fingerprint density at radius 3 is 2.61 bits per heavy atom. The predicted molar refractivity (Wildman–Crippen MR) is 99.3 cm³/mol. The molecular weight excluding hydrogens is 369 g/mol. The van der Waals surface area contributed by atoms with Crippen LogP contribution in [0.4, 0.5) is 13.2 Å². The number of nitrogens with zero attached hydrogens (tertiary/aromatic N) is 4. The molecule has 0 N–H and O–H groups in total. The van der Waals surface area contributed by atoms with Crippen LogP contribution in [0.25, 0.3) is 16.6 Å². The minimum Gasteiger partial charge on any atom is -0.287 e. The van der Waals surface area contributed by atoms with Gasteiger partial charge in [0.05, 0.1) is 17.6 Å². The summed E-state index contributed by atoms with van der Waals surface area (Å²) < 4.78 is 41.8. The van der Waals surface area contributed by atoms with Crippen molar-refractivity contribution in [1.82, 2.24) is 19.2 Å². The molecule has 0 saturated heterocycles. The molecule has 0 saturated carbocycles. The van der Waals surface area contributed by atoms with E-state index in [1.165, 1.54) is 15.1 Å². The van der Waals surface area contributed by atoms with Crippen LogP contribution in [0.1, 0.15) is 30.3 Å². The van der Waals surface area contributed by atoms with Crippen molar-refractivity contribution in [2.45, 2.75) is 32.5 Å². The molecular formula is C20H17F3N4O. The lowest BCUT2D eigenvalue weighted by Crippen LogP contribution is -2.28. The van der Waals surface area contributed by atoms with Gasteiger partial charge in [0.1, 0.15) is 0 Å². The highest BCUT2D eigenvalue weighted by Gasteiger charge is 2.30. The number of hydrogen-bond acceptors (Lipinski definition) is 3. The van der Waals surface area contributed by atoms with Crippen LogP contribution in [0, 0.1) is 0 Å². The molecule has 144 valence electrons. The summed E-state index contributed by atoms with van der Waals surface area (Å²) in [5.74, 6) is 0.571. The van der Waals surface area contributed by atoms with Gasteiger partial charge in [-0.2, -0.15) is 17.7 Å². The summed E-state index contributed by atoms with van der Waals surface area (Å²) in [6.45, 7) is 2.00. The van der Waals surface area contributed by atoms with Crippen LogP contribution in [-0.2, 0) is 19.1 Å². The molecule has 0 radical (unpaired) electrons. The van der Waals surface area contributed by atoms with Crippen molar-refractivity contribution >= 4 is 16.6 Å². The molecule has 2 aromatic heterocycles. The zero-order valence-electron chi connectivity index (χ0n) is 15.1. The Balaban J connectivity index is 1.91. The van der Waals surface area contributed by atoms with Crippen LogP contribution in [0.5, 0.6) is 0 Å². The molecule has 0 bridgehead atoms. The van der Waals surface area contributed by atoms with Gasteiger partial charge < -0.3 is 0 Å². The highest BCUT2D eigenvalue weighted by molar-refractivity contribution is 5.91. The monoisotopic (exact) mass is 386 g/mol. The number of hydrogen-bond donors (Lipinski definition) is 0. The quantitative estimate of drug-likeness (QED) is 0.531. The molecule has 2 heterocycles. The van der Waals surface area contributed by atoms with Crippen LogP contribution in [-0.4, -0.2) is 19.2 Å². The fourth-order valence-electron chi connectivity index (χ4n) is 3.29. The van der Waals surface area contributed by atoms with Gasteiger partial charge in [-0.1, -0.05) is 31.2 Å². The van der Waals surface area contributed by atoms with Crippen molar-refractivity contribution in [1.29, 1.82) is 0 Å². The Bertz CT molecular complexity index is 1220. The molecule has 8 heteroatoms. The first-order valence-electron chi connectivity index (χ1n) is 8.92. The molecule has 0 atom stereocenters. The Morgan fingerprint density at radius 1 is 1.07 bits per heavy atom. The molecule has 0 aliphatic heterocycles. The van der Waals surface area contributed by atoms with Crippen molar-refractivity contribution < 1.29 is 13.2 Å². The van der Waals surface area contributed by atoms with Crippen LogP contribution >= 0.6 is 0 Å². The lowest BCUT2D eigenvalue weighted by atomic mass is 10.1. The third-order valence-electron chi connectivity index (χ3n) is 4.57. The summed E-state index contributed by atoms with van der Waals surface area (Å²) in [4.78, 5) is 17.5. The SMILES string of the molecule is CCCc1nc2c3ccccc3n(Cc3cccc(C(F)(F)F)c3)c(=O)n2n1. The molecule has 4 rings (SSSR count). The molecule has 0 aliphatic carbocycles. The second-order valence-corrected chi connectivity index (χ2v) is 6.60. The largest absolute Gasteiger partial charge is 0.416 e. The average Bonchev–Trinajstić information content (AvgIpc) is 3.09. The summed E-state index contributed by atoms with van der Waals surface area (Å²) in [5.41, 5.74) is 0.280. The Hall–Kier alpha value is -3.16.